The summed E-state index contributed by atoms with van der Waals surface area (Å²) < 4.78 is 5.19. The Kier molecular flexibility index (Phi) is 8.14. The zero-order valence-electron chi connectivity index (χ0n) is 11.1. The predicted molar refractivity (Wildman–Crippen MR) is 75.2 cm³/mol. The summed E-state index contributed by atoms with van der Waals surface area (Å²) in [5.41, 5.74) is 1.73. The second-order valence-electron chi connectivity index (χ2n) is 3.99. The number of ether oxygens (including phenoxy) is 1. The van der Waals surface area contributed by atoms with Crippen LogP contribution in [0.3, 0.4) is 0 Å². The summed E-state index contributed by atoms with van der Waals surface area (Å²) in [5.74, 6) is 0.645. The maximum absolute atomic E-state index is 8.89. The van der Waals surface area contributed by atoms with Crippen molar-refractivity contribution in [1.29, 1.82) is 5.26 Å². The van der Waals surface area contributed by atoms with E-state index in [2.05, 4.69) is 23.3 Å². The van der Waals surface area contributed by atoms with Gasteiger partial charge in [-0.2, -0.15) is 5.26 Å². The minimum Gasteiger partial charge on any atom is -0.495 e. The molecule has 0 aliphatic heterocycles. The second kappa shape index (κ2) is 8.76. The summed E-state index contributed by atoms with van der Waals surface area (Å²) in [6, 6.07) is 7.81. The summed E-state index contributed by atoms with van der Waals surface area (Å²) >= 11 is 0. The molecule has 0 amide bonds. The molecule has 1 aromatic rings. The molecule has 0 unspecified atom stereocenters. The molecule has 0 aliphatic carbocycles. The first kappa shape index (κ1) is 16.7. The van der Waals surface area contributed by atoms with Crippen LogP contribution >= 0.6 is 12.4 Å². The molecule has 1 rings (SSSR count). The van der Waals surface area contributed by atoms with E-state index in [-0.39, 0.29) is 12.4 Å². The fraction of sp³-hybridized carbons (Fsp3) is 0.462. The number of halogens is 1. The highest BCUT2D eigenvalue weighted by molar-refractivity contribution is 5.85. The van der Waals surface area contributed by atoms with E-state index in [1.54, 1.807) is 13.2 Å². The van der Waals surface area contributed by atoms with E-state index in [1.165, 1.54) is 0 Å². The van der Waals surface area contributed by atoms with Gasteiger partial charge in [0, 0.05) is 19.6 Å². The molecule has 100 valence electrons. The lowest BCUT2D eigenvalue weighted by atomic mass is 10.1. The van der Waals surface area contributed by atoms with Crippen molar-refractivity contribution in [3.05, 3.63) is 29.3 Å². The number of methoxy groups -OCH3 is 1. The van der Waals surface area contributed by atoms with Crippen LogP contribution in [0.5, 0.6) is 5.75 Å². The molecule has 0 saturated carbocycles. The molecule has 5 heteroatoms. The highest BCUT2D eigenvalue weighted by atomic mass is 35.5. The van der Waals surface area contributed by atoms with Gasteiger partial charge in [-0.1, -0.05) is 6.07 Å². The third-order valence-electron chi connectivity index (χ3n) is 2.58. The van der Waals surface area contributed by atoms with Gasteiger partial charge in [0.05, 0.1) is 12.7 Å². The summed E-state index contributed by atoms with van der Waals surface area (Å²) in [5, 5.41) is 12.0. The van der Waals surface area contributed by atoms with E-state index in [1.807, 2.05) is 19.2 Å². The van der Waals surface area contributed by atoms with Crippen LogP contribution in [0, 0.1) is 11.3 Å². The van der Waals surface area contributed by atoms with Crippen LogP contribution in [0.15, 0.2) is 18.2 Å². The summed E-state index contributed by atoms with van der Waals surface area (Å²) in [6.45, 7) is 2.80. The third-order valence-corrected chi connectivity index (χ3v) is 2.58. The first-order valence-corrected chi connectivity index (χ1v) is 5.61. The fourth-order valence-electron chi connectivity index (χ4n) is 1.62. The number of hydrogen-bond acceptors (Lipinski definition) is 4. The van der Waals surface area contributed by atoms with Crippen LogP contribution in [0.1, 0.15) is 11.1 Å². The molecular formula is C13H20ClN3O. The van der Waals surface area contributed by atoms with Crippen molar-refractivity contribution in [2.45, 2.75) is 6.54 Å². The first-order valence-electron chi connectivity index (χ1n) is 5.61. The van der Waals surface area contributed by atoms with Gasteiger partial charge in [0.2, 0.25) is 0 Å². The molecule has 1 aromatic carbocycles. The van der Waals surface area contributed by atoms with Gasteiger partial charge in [0.1, 0.15) is 11.8 Å². The van der Waals surface area contributed by atoms with E-state index in [9.17, 15) is 0 Å². The lowest BCUT2D eigenvalue weighted by Crippen LogP contribution is -2.26. The van der Waals surface area contributed by atoms with Crippen molar-refractivity contribution in [3.8, 4) is 11.8 Å². The van der Waals surface area contributed by atoms with Crippen molar-refractivity contribution >= 4 is 12.4 Å². The van der Waals surface area contributed by atoms with Crippen LogP contribution in [-0.4, -0.2) is 39.2 Å². The molecule has 0 spiro atoms. The molecule has 0 saturated heterocycles. The molecule has 0 bridgehead atoms. The SMILES string of the molecule is CNCCN(C)Cc1ccc(C#N)c(OC)c1.Cl. The molecule has 0 fully saturated rings. The maximum atomic E-state index is 8.89. The van der Waals surface area contributed by atoms with Gasteiger partial charge in [-0.3, -0.25) is 0 Å². The van der Waals surface area contributed by atoms with Gasteiger partial charge < -0.3 is 15.0 Å². The number of rotatable bonds is 6. The monoisotopic (exact) mass is 269 g/mol. The maximum Gasteiger partial charge on any atom is 0.136 e. The minimum atomic E-state index is 0. The third kappa shape index (κ3) is 4.92. The zero-order valence-corrected chi connectivity index (χ0v) is 11.9. The smallest absolute Gasteiger partial charge is 0.136 e. The molecule has 0 heterocycles. The summed E-state index contributed by atoms with van der Waals surface area (Å²) in [7, 11) is 5.60. The molecule has 18 heavy (non-hydrogen) atoms. The van der Waals surface area contributed by atoms with Crippen LogP contribution in [-0.2, 0) is 6.54 Å². The zero-order chi connectivity index (χ0) is 12.7. The number of nitrogens with one attached hydrogen (secondary N) is 1. The Hall–Kier alpha value is -1.28. The number of hydrogen-bond donors (Lipinski definition) is 1. The number of nitriles is 1. The van der Waals surface area contributed by atoms with E-state index in [0.29, 0.717) is 11.3 Å². The van der Waals surface area contributed by atoms with Gasteiger partial charge >= 0.3 is 0 Å². The standard InChI is InChI=1S/C13H19N3O.ClH/c1-15-6-7-16(2)10-11-4-5-12(9-14)13(8-11)17-3;/h4-5,8,15H,6-7,10H2,1-3H3;1H. The Morgan fingerprint density at radius 3 is 2.72 bits per heavy atom. The van der Waals surface area contributed by atoms with Gasteiger partial charge in [-0.15, -0.1) is 12.4 Å². The lowest BCUT2D eigenvalue weighted by molar-refractivity contribution is 0.327. The van der Waals surface area contributed by atoms with Gasteiger partial charge in [-0.05, 0) is 31.8 Å². The molecular weight excluding hydrogens is 250 g/mol. The Morgan fingerprint density at radius 2 is 2.17 bits per heavy atom. The Labute approximate surface area is 115 Å². The van der Waals surface area contributed by atoms with Crippen LogP contribution < -0.4 is 10.1 Å². The average Bonchev–Trinajstić information content (AvgIpc) is 2.36. The highest BCUT2D eigenvalue weighted by Gasteiger charge is 2.05. The Morgan fingerprint density at radius 1 is 1.44 bits per heavy atom. The molecule has 4 nitrogen and oxygen atoms in total. The minimum absolute atomic E-state index is 0. The Bertz CT molecular complexity index is 404. The molecule has 1 N–H and O–H groups in total. The highest BCUT2D eigenvalue weighted by Crippen LogP contribution is 2.19. The van der Waals surface area contributed by atoms with Crippen molar-refractivity contribution in [1.82, 2.24) is 10.2 Å². The van der Waals surface area contributed by atoms with Crippen LogP contribution in [0.2, 0.25) is 0 Å². The molecule has 0 aliphatic rings. The summed E-state index contributed by atoms with van der Waals surface area (Å²) in [4.78, 5) is 2.22. The van der Waals surface area contributed by atoms with Crippen LogP contribution in [0.4, 0.5) is 0 Å². The van der Waals surface area contributed by atoms with Crippen molar-refractivity contribution in [2.75, 3.05) is 34.3 Å². The van der Waals surface area contributed by atoms with Gasteiger partial charge in [0.25, 0.3) is 0 Å². The number of nitrogens with zero attached hydrogens (tertiary/aromatic N) is 2. The van der Waals surface area contributed by atoms with E-state index >= 15 is 0 Å². The van der Waals surface area contributed by atoms with E-state index in [4.69, 9.17) is 10.00 Å². The molecule has 0 atom stereocenters. The fourth-order valence-corrected chi connectivity index (χ4v) is 1.62. The Balaban J connectivity index is 0.00000289. The normalized spacial score (nSPS) is 9.72. The average molecular weight is 270 g/mol. The number of benzene rings is 1. The quantitative estimate of drug-likeness (QED) is 0.853. The van der Waals surface area contributed by atoms with Crippen molar-refractivity contribution < 1.29 is 4.74 Å². The molecule has 0 radical (unpaired) electrons. The van der Waals surface area contributed by atoms with Gasteiger partial charge in [0.15, 0.2) is 0 Å². The van der Waals surface area contributed by atoms with Crippen LogP contribution in [0.25, 0.3) is 0 Å². The van der Waals surface area contributed by atoms with Crippen molar-refractivity contribution in [3.63, 3.8) is 0 Å². The van der Waals surface area contributed by atoms with E-state index in [0.717, 1.165) is 25.2 Å². The number of likely N-dealkylation sites (N-methyl/N-ethyl adjacent to an activating group) is 2. The van der Waals surface area contributed by atoms with Gasteiger partial charge in [-0.25, -0.2) is 0 Å². The first-order chi connectivity index (χ1) is 8.21. The van der Waals surface area contributed by atoms with E-state index < -0.39 is 0 Å². The second-order valence-corrected chi connectivity index (χ2v) is 3.99. The van der Waals surface area contributed by atoms with Crippen molar-refractivity contribution in [2.24, 2.45) is 0 Å². The topological polar surface area (TPSA) is 48.3 Å². The summed E-state index contributed by atoms with van der Waals surface area (Å²) in [6.07, 6.45) is 0. The predicted octanol–water partition coefficient (Wildman–Crippen LogP) is 1.64. The largest absolute Gasteiger partial charge is 0.495 e. The lowest BCUT2D eigenvalue weighted by Gasteiger charge is -2.17. The molecule has 0 aromatic heterocycles.